The van der Waals surface area contributed by atoms with Crippen LogP contribution in [0.2, 0.25) is 0 Å². The number of nitrogens with one attached hydrogen (secondary N) is 1. The number of halogens is 2. The first-order valence-corrected chi connectivity index (χ1v) is 10.3. The zero-order chi connectivity index (χ0) is 23.5. The second-order valence-corrected chi connectivity index (χ2v) is 8.51. The maximum Gasteiger partial charge on any atom is 0.305 e. The summed E-state index contributed by atoms with van der Waals surface area (Å²) in [7, 11) is 0. The van der Waals surface area contributed by atoms with Crippen molar-refractivity contribution in [2.45, 2.75) is 59.5 Å². The van der Waals surface area contributed by atoms with E-state index < -0.39 is 36.2 Å². The summed E-state index contributed by atoms with van der Waals surface area (Å²) in [4.78, 5) is 24.0. The SMILES string of the molecule is Cc1cc(-c2c(C)cc(F)cc2C)cc([C@H](CC(=O)O)NC(=O)[C@@H](N)CC(C)C)c1F. The van der Waals surface area contributed by atoms with Crippen LogP contribution < -0.4 is 11.1 Å². The third-order valence-corrected chi connectivity index (χ3v) is 5.20. The third kappa shape index (κ3) is 6.10. The van der Waals surface area contributed by atoms with Gasteiger partial charge in [0.05, 0.1) is 18.5 Å². The first kappa shape index (κ1) is 24.5. The number of rotatable bonds is 8. The molecule has 168 valence electrons. The van der Waals surface area contributed by atoms with Crippen LogP contribution in [0, 0.1) is 38.3 Å². The molecule has 0 aliphatic heterocycles. The Kier molecular flexibility index (Phi) is 7.90. The van der Waals surface area contributed by atoms with Crippen LogP contribution in [0.4, 0.5) is 8.78 Å². The Labute approximate surface area is 181 Å². The Morgan fingerprint density at radius 1 is 1.03 bits per heavy atom. The monoisotopic (exact) mass is 432 g/mol. The van der Waals surface area contributed by atoms with Crippen LogP contribution in [0.5, 0.6) is 0 Å². The first-order valence-electron chi connectivity index (χ1n) is 10.3. The van der Waals surface area contributed by atoms with E-state index in [0.29, 0.717) is 28.7 Å². The molecular formula is C24H30F2N2O3. The van der Waals surface area contributed by atoms with Crippen LogP contribution >= 0.6 is 0 Å². The molecule has 7 heteroatoms. The lowest BCUT2D eigenvalue weighted by atomic mass is 9.90. The van der Waals surface area contributed by atoms with E-state index in [1.807, 2.05) is 13.8 Å². The first-order chi connectivity index (χ1) is 14.4. The van der Waals surface area contributed by atoms with Crippen LogP contribution in [0.25, 0.3) is 11.1 Å². The lowest BCUT2D eigenvalue weighted by molar-refractivity contribution is -0.137. The van der Waals surface area contributed by atoms with E-state index in [2.05, 4.69) is 5.32 Å². The fourth-order valence-corrected chi connectivity index (χ4v) is 3.87. The minimum absolute atomic E-state index is 0.0608. The summed E-state index contributed by atoms with van der Waals surface area (Å²) >= 11 is 0. The third-order valence-electron chi connectivity index (χ3n) is 5.20. The van der Waals surface area contributed by atoms with E-state index in [9.17, 15) is 19.1 Å². The summed E-state index contributed by atoms with van der Waals surface area (Å²) in [5, 5.41) is 12.0. The number of hydrogen-bond acceptors (Lipinski definition) is 3. The Hall–Kier alpha value is -2.80. The maximum absolute atomic E-state index is 15.1. The smallest absolute Gasteiger partial charge is 0.305 e. The highest BCUT2D eigenvalue weighted by Crippen LogP contribution is 2.33. The van der Waals surface area contributed by atoms with Gasteiger partial charge >= 0.3 is 5.97 Å². The molecule has 0 fully saturated rings. The van der Waals surface area contributed by atoms with Crippen molar-refractivity contribution in [1.82, 2.24) is 5.32 Å². The molecule has 0 saturated heterocycles. The number of nitrogens with two attached hydrogens (primary N) is 1. The molecule has 2 rings (SSSR count). The van der Waals surface area contributed by atoms with Gasteiger partial charge in [-0.1, -0.05) is 13.8 Å². The lowest BCUT2D eigenvalue weighted by Gasteiger charge is -2.23. The fraction of sp³-hybridized carbons (Fsp3) is 0.417. The largest absolute Gasteiger partial charge is 0.481 e. The van der Waals surface area contributed by atoms with Gasteiger partial charge in [-0.2, -0.15) is 0 Å². The molecule has 1 amide bonds. The number of carboxylic acid groups (broad SMARTS) is 1. The molecule has 2 aromatic carbocycles. The molecule has 5 nitrogen and oxygen atoms in total. The highest BCUT2D eigenvalue weighted by atomic mass is 19.1. The number of amides is 1. The van der Waals surface area contributed by atoms with E-state index in [1.165, 1.54) is 18.2 Å². The summed E-state index contributed by atoms with van der Waals surface area (Å²) in [5.74, 6) is -2.50. The molecule has 4 N–H and O–H groups in total. The summed E-state index contributed by atoms with van der Waals surface area (Å²) in [6, 6.07) is 4.02. The zero-order valence-corrected chi connectivity index (χ0v) is 18.6. The number of carbonyl (C=O) groups is 2. The van der Waals surface area contributed by atoms with Gasteiger partial charge in [0.15, 0.2) is 0 Å². The van der Waals surface area contributed by atoms with Crippen molar-refractivity contribution < 1.29 is 23.5 Å². The number of aliphatic carboxylic acids is 1. The molecule has 0 aliphatic carbocycles. The highest BCUT2D eigenvalue weighted by Gasteiger charge is 2.26. The Morgan fingerprint density at radius 2 is 1.61 bits per heavy atom. The van der Waals surface area contributed by atoms with Gasteiger partial charge in [0.25, 0.3) is 0 Å². The van der Waals surface area contributed by atoms with Gasteiger partial charge in [0, 0.05) is 5.56 Å². The van der Waals surface area contributed by atoms with Gasteiger partial charge in [0.1, 0.15) is 11.6 Å². The number of aryl methyl sites for hydroxylation is 3. The highest BCUT2D eigenvalue weighted by molar-refractivity contribution is 5.83. The minimum Gasteiger partial charge on any atom is -0.481 e. The van der Waals surface area contributed by atoms with E-state index in [0.717, 1.165) is 5.56 Å². The van der Waals surface area contributed by atoms with Crippen LogP contribution in [-0.2, 0) is 9.59 Å². The molecule has 31 heavy (non-hydrogen) atoms. The molecule has 0 aromatic heterocycles. The summed E-state index contributed by atoms with van der Waals surface area (Å²) in [6.07, 6.45) is -0.0809. The predicted molar refractivity (Wildman–Crippen MR) is 117 cm³/mol. The predicted octanol–water partition coefficient (Wildman–Crippen LogP) is 4.56. The van der Waals surface area contributed by atoms with Gasteiger partial charge in [-0.15, -0.1) is 0 Å². The Balaban J connectivity index is 2.54. The molecule has 0 aliphatic rings. The molecule has 0 saturated carbocycles. The van der Waals surface area contributed by atoms with Crippen molar-refractivity contribution in [2.75, 3.05) is 0 Å². The average Bonchev–Trinajstić information content (AvgIpc) is 2.62. The van der Waals surface area contributed by atoms with Crippen molar-refractivity contribution in [3.63, 3.8) is 0 Å². The quantitative estimate of drug-likeness (QED) is 0.570. The van der Waals surface area contributed by atoms with Crippen LogP contribution in [0.1, 0.15) is 55.0 Å². The van der Waals surface area contributed by atoms with Crippen molar-refractivity contribution in [3.05, 3.63) is 58.2 Å². The van der Waals surface area contributed by atoms with Crippen LogP contribution in [0.3, 0.4) is 0 Å². The molecule has 2 aromatic rings. The van der Waals surface area contributed by atoms with Crippen LogP contribution in [-0.4, -0.2) is 23.0 Å². The summed E-state index contributed by atoms with van der Waals surface area (Å²) in [5.41, 5.74) is 9.00. The number of benzene rings is 2. The van der Waals surface area contributed by atoms with E-state index in [1.54, 1.807) is 26.8 Å². The number of carboxylic acids is 1. The van der Waals surface area contributed by atoms with E-state index in [4.69, 9.17) is 5.73 Å². The van der Waals surface area contributed by atoms with Crippen molar-refractivity contribution >= 4 is 11.9 Å². The second kappa shape index (κ2) is 10.0. The standard InChI is InChI=1S/C24H30F2N2O3/c1-12(2)6-19(27)24(31)28-20(11-21(29)30)18-10-16(7-15(5)23(18)26)22-13(3)8-17(25)9-14(22)4/h7-10,12,19-20H,6,11,27H2,1-5H3,(H,28,31)(H,29,30)/t19-,20-/m0/s1. The normalized spacial score (nSPS) is 13.2. The van der Waals surface area contributed by atoms with Gasteiger partial charge in [-0.25, -0.2) is 8.78 Å². The van der Waals surface area contributed by atoms with Gasteiger partial charge in [-0.05, 0) is 85.2 Å². The van der Waals surface area contributed by atoms with Gasteiger partial charge in [-0.3, -0.25) is 9.59 Å². The maximum atomic E-state index is 15.1. The molecule has 2 atom stereocenters. The topological polar surface area (TPSA) is 92.4 Å². The van der Waals surface area contributed by atoms with Gasteiger partial charge in [0.2, 0.25) is 5.91 Å². The molecule has 0 spiro atoms. The van der Waals surface area contributed by atoms with Crippen LogP contribution in [0.15, 0.2) is 24.3 Å². The summed E-state index contributed by atoms with van der Waals surface area (Å²) in [6.45, 7) is 8.92. The summed E-state index contributed by atoms with van der Waals surface area (Å²) < 4.78 is 28.8. The zero-order valence-electron chi connectivity index (χ0n) is 18.6. The van der Waals surface area contributed by atoms with Crippen molar-refractivity contribution in [2.24, 2.45) is 11.7 Å². The molecule has 0 heterocycles. The van der Waals surface area contributed by atoms with Crippen molar-refractivity contribution in [1.29, 1.82) is 0 Å². The fourth-order valence-electron chi connectivity index (χ4n) is 3.87. The second-order valence-electron chi connectivity index (χ2n) is 8.51. The Morgan fingerprint density at radius 3 is 2.13 bits per heavy atom. The number of carbonyl (C=O) groups excluding carboxylic acids is 1. The van der Waals surface area contributed by atoms with Gasteiger partial charge < -0.3 is 16.2 Å². The number of hydrogen-bond donors (Lipinski definition) is 3. The minimum atomic E-state index is -1.18. The van der Waals surface area contributed by atoms with Crippen molar-refractivity contribution in [3.8, 4) is 11.1 Å². The Bertz CT molecular complexity index is 966. The molecule has 0 unspecified atom stereocenters. The molecule has 0 radical (unpaired) electrons. The molecule has 0 bridgehead atoms. The van der Waals surface area contributed by atoms with E-state index in [-0.39, 0.29) is 17.3 Å². The average molecular weight is 433 g/mol. The molecular weight excluding hydrogens is 402 g/mol. The van der Waals surface area contributed by atoms with E-state index >= 15 is 4.39 Å². The lowest BCUT2D eigenvalue weighted by Crippen LogP contribution is -2.43.